The molecule has 0 amide bonds. The van der Waals surface area contributed by atoms with Crippen LogP contribution in [0.3, 0.4) is 0 Å². The number of ether oxygens (including phenoxy) is 1. The summed E-state index contributed by atoms with van der Waals surface area (Å²) in [6.07, 6.45) is 9.70. The molecule has 0 aliphatic heterocycles. The predicted octanol–water partition coefficient (Wildman–Crippen LogP) is 5.90. The summed E-state index contributed by atoms with van der Waals surface area (Å²) >= 11 is 1.32. The molecule has 0 N–H and O–H groups in total. The third-order valence-corrected chi connectivity index (χ3v) is 7.33. The van der Waals surface area contributed by atoms with Crippen molar-refractivity contribution < 1.29 is 4.74 Å². The van der Waals surface area contributed by atoms with Crippen LogP contribution in [0.5, 0.6) is 5.75 Å². The molecule has 0 saturated carbocycles. The fourth-order valence-electron chi connectivity index (χ4n) is 4.27. The Morgan fingerprint density at radius 2 is 1.65 bits per heavy atom. The molecule has 0 fully saturated rings. The van der Waals surface area contributed by atoms with Crippen molar-refractivity contribution in [1.82, 2.24) is 24.4 Å². The summed E-state index contributed by atoms with van der Waals surface area (Å²) in [5.74, 6) is 1.34. The molecular formula is C32H27N5O2S. The van der Waals surface area contributed by atoms with E-state index in [9.17, 15) is 4.79 Å². The van der Waals surface area contributed by atoms with E-state index in [2.05, 4.69) is 17.0 Å². The lowest BCUT2D eigenvalue weighted by atomic mass is 10.1. The highest BCUT2D eigenvalue weighted by Crippen LogP contribution is 2.24. The quantitative estimate of drug-likeness (QED) is 0.212. The monoisotopic (exact) mass is 545 g/mol. The summed E-state index contributed by atoms with van der Waals surface area (Å²) in [6.45, 7) is 2.87. The van der Waals surface area contributed by atoms with Crippen LogP contribution in [-0.4, -0.2) is 31.0 Å². The smallest absolute Gasteiger partial charge is 0.291 e. The Kier molecular flexibility index (Phi) is 7.32. The summed E-state index contributed by atoms with van der Waals surface area (Å²) < 4.78 is 9.47. The zero-order valence-corrected chi connectivity index (χ0v) is 22.8. The Hall–Kier alpha value is -4.82. The first-order chi connectivity index (χ1) is 19.7. The van der Waals surface area contributed by atoms with Gasteiger partial charge in [0, 0.05) is 17.3 Å². The fourth-order valence-corrected chi connectivity index (χ4v) is 5.17. The third-order valence-electron chi connectivity index (χ3n) is 6.37. The number of unbranched alkanes of at least 4 members (excludes halogenated alkanes) is 1. The van der Waals surface area contributed by atoms with Gasteiger partial charge in [0.1, 0.15) is 5.75 Å². The van der Waals surface area contributed by atoms with E-state index in [1.54, 1.807) is 0 Å². The van der Waals surface area contributed by atoms with E-state index in [1.807, 2.05) is 114 Å². The topological polar surface area (TPSA) is 74.3 Å². The van der Waals surface area contributed by atoms with Gasteiger partial charge in [0.25, 0.3) is 5.56 Å². The normalized spacial score (nSPS) is 12.1. The van der Waals surface area contributed by atoms with Crippen molar-refractivity contribution in [2.75, 3.05) is 6.61 Å². The van der Waals surface area contributed by atoms with E-state index < -0.39 is 0 Å². The first-order valence-electron chi connectivity index (χ1n) is 13.2. The van der Waals surface area contributed by atoms with Gasteiger partial charge in [-0.1, -0.05) is 91.4 Å². The van der Waals surface area contributed by atoms with Gasteiger partial charge in [-0.05, 0) is 48.4 Å². The average Bonchev–Trinajstić information content (AvgIpc) is 3.68. The van der Waals surface area contributed by atoms with Gasteiger partial charge in [-0.3, -0.25) is 4.79 Å². The minimum absolute atomic E-state index is 0.202. The zero-order chi connectivity index (χ0) is 27.3. The summed E-state index contributed by atoms with van der Waals surface area (Å²) in [5, 5.41) is 9.28. The molecule has 40 heavy (non-hydrogen) atoms. The zero-order valence-electron chi connectivity index (χ0n) is 22.0. The van der Waals surface area contributed by atoms with Crippen molar-refractivity contribution in [3.05, 3.63) is 123 Å². The van der Waals surface area contributed by atoms with Gasteiger partial charge in [0.2, 0.25) is 4.96 Å². The van der Waals surface area contributed by atoms with Gasteiger partial charge in [0.05, 0.1) is 22.5 Å². The molecule has 3 aromatic carbocycles. The van der Waals surface area contributed by atoms with E-state index in [0.29, 0.717) is 15.3 Å². The number of benzene rings is 3. The van der Waals surface area contributed by atoms with Crippen LogP contribution in [0, 0.1) is 0 Å². The molecule has 0 aliphatic rings. The number of rotatable bonds is 9. The highest BCUT2D eigenvalue weighted by atomic mass is 32.1. The van der Waals surface area contributed by atoms with E-state index in [1.165, 1.54) is 15.9 Å². The van der Waals surface area contributed by atoms with Crippen LogP contribution in [0.1, 0.15) is 36.7 Å². The predicted molar refractivity (Wildman–Crippen MR) is 161 cm³/mol. The van der Waals surface area contributed by atoms with Crippen LogP contribution in [0.25, 0.3) is 40.1 Å². The van der Waals surface area contributed by atoms with Gasteiger partial charge in [-0.15, -0.1) is 5.10 Å². The van der Waals surface area contributed by atoms with Crippen LogP contribution in [-0.2, 0) is 0 Å². The van der Waals surface area contributed by atoms with Crippen molar-refractivity contribution in [3.63, 3.8) is 0 Å². The van der Waals surface area contributed by atoms with Crippen molar-refractivity contribution >= 4 is 34.5 Å². The molecule has 0 aliphatic carbocycles. The highest BCUT2D eigenvalue weighted by molar-refractivity contribution is 7.15. The standard InChI is InChI=1S/C32H27N5O2S/c1-2-3-20-39-27-17-14-23(15-18-27)16-19-29-33-32-37(34-29)31(38)28(40-32)21-25-22-36(26-12-8-5-9-13-26)35-30(25)24-10-6-4-7-11-24/h4-19,21-22H,2-3,20H2,1H3/b19-16+,28-21-. The summed E-state index contributed by atoms with van der Waals surface area (Å²) in [7, 11) is 0. The molecule has 0 unspecified atom stereocenters. The molecule has 0 saturated heterocycles. The fraction of sp³-hybridized carbons (Fsp3) is 0.125. The van der Waals surface area contributed by atoms with Crippen LogP contribution in [0.4, 0.5) is 0 Å². The van der Waals surface area contributed by atoms with Gasteiger partial charge in [-0.2, -0.15) is 14.6 Å². The number of aromatic nitrogens is 5. The van der Waals surface area contributed by atoms with E-state index in [0.717, 1.165) is 53.3 Å². The molecule has 0 atom stereocenters. The first kappa shape index (κ1) is 25.5. The third kappa shape index (κ3) is 5.48. The second-order valence-electron chi connectivity index (χ2n) is 9.26. The minimum Gasteiger partial charge on any atom is -0.494 e. The Bertz CT molecular complexity index is 1870. The second kappa shape index (κ2) is 11.5. The second-order valence-corrected chi connectivity index (χ2v) is 10.3. The Labute approximate surface area is 235 Å². The Balaban J connectivity index is 1.29. The largest absolute Gasteiger partial charge is 0.494 e. The van der Waals surface area contributed by atoms with Crippen molar-refractivity contribution in [2.45, 2.75) is 19.8 Å². The lowest BCUT2D eigenvalue weighted by Gasteiger charge is -2.04. The number of hydrogen-bond donors (Lipinski definition) is 0. The number of thiazole rings is 1. The summed E-state index contributed by atoms with van der Waals surface area (Å²) in [4.78, 5) is 18.4. The SMILES string of the molecule is CCCCOc1ccc(/C=C/c2nc3s/c(=C\c4cn(-c5ccccc5)nc4-c4ccccc4)c(=O)n3n2)cc1. The average molecular weight is 546 g/mol. The molecule has 3 heterocycles. The van der Waals surface area contributed by atoms with Crippen LogP contribution >= 0.6 is 11.3 Å². The van der Waals surface area contributed by atoms with E-state index in [4.69, 9.17) is 9.84 Å². The lowest BCUT2D eigenvalue weighted by molar-refractivity contribution is 0.309. The van der Waals surface area contributed by atoms with E-state index in [-0.39, 0.29) is 5.56 Å². The molecule has 6 rings (SSSR count). The maximum absolute atomic E-state index is 13.3. The number of fused-ring (bicyclic) bond motifs is 1. The van der Waals surface area contributed by atoms with Crippen molar-refractivity contribution in [3.8, 4) is 22.7 Å². The Morgan fingerprint density at radius 3 is 2.38 bits per heavy atom. The lowest BCUT2D eigenvalue weighted by Crippen LogP contribution is -2.23. The molecule has 0 radical (unpaired) electrons. The molecule has 6 aromatic rings. The molecule has 198 valence electrons. The van der Waals surface area contributed by atoms with E-state index >= 15 is 0 Å². The molecule has 8 heteroatoms. The van der Waals surface area contributed by atoms with Gasteiger partial charge in [0.15, 0.2) is 5.82 Å². The number of para-hydroxylation sites is 1. The molecule has 0 bridgehead atoms. The summed E-state index contributed by atoms with van der Waals surface area (Å²) in [6, 6.07) is 27.8. The van der Waals surface area contributed by atoms with Crippen LogP contribution in [0.15, 0.2) is 95.9 Å². The molecular weight excluding hydrogens is 518 g/mol. The van der Waals surface area contributed by atoms with Gasteiger partial charge >= 0.3 is 0 Å². The van der Waals surface area contributed by atoms with Gasteiger partial charge in [-0.25, -0.2) is 4.68 Å². The number of hydrogen-bond acceptors (Lipinski definition) is 6. The first-order valence-corrected chi connectivity index (χ1v) is 14.0. The molecule has 3 aromatic heterocycles. The maximum Gasteiger partial charge on any atom is 0.291 e. The van der Waals surface area contributed by atoms with Crippen LogP contribution < -0.4 is 14.8 Å². The summed E-state index contributed by atoms with van der Waals surface area (Å²) in [5.41, 5.74) is 4.36. The Morgan fingerprint density at radius 1 is 0.900 bits per heavy atom. The number of nitrogens with zero attached hydrogens (tertiary/aromatic N) is 5. The highest BCUT2D eigenvalue weighted by Gasteiger charge is 2.13. The van der Waals surface area contributed by atoms with Gasteiger partial charge < -0.3 is 4.74 Å². The molecule has 7 nitrogen and oxygen atoms in total. The molecule has 0 spiro atoms. The minimum atomic E-state index is -0.202. The van der Waals surface area contributed by atoms with Crippen molar-refractivity contribution in [1.29, 1.82) is 0 Å². The van der Waals surface area contributed by atoms with Crippen LogP contribution in [0.2, 0.25) is 0 Å². The maximum atomic E-state index is 13.3. The van der Waals surface area contributed by atoms with Crippen molar-refractivity contribution in [2.24, 2.45) is 0 Å².